The standard InChI is InChI=1S/C23H22N4O/c1-28-18-9-7-17(8-10-18)22-19(13-24)23(25)26-21-11-12-27(15-20(21)22)14-16-5-3-2-4-6-16/h2-10H,11-12,14-15H2,1H3,(H2,25,26). The molecule has 0 unspecified atom stereocenters. The third-order valence-corrected chi connectivity index (χ3v) is 5.20. The molecule has 2 aromatic carbocycles. The number of hydrogen-bond acceptors (Lipinski definition) is 5. The van der Waals surface area contributed by atoms with Crippen molar-refractivity contribution in [2.24, 2.45) is 0 Å². The molecule has 3 aromatic rings. The first-order valence-electron chi connectivity index (χ1n) is 9.31. The Morgan fingerprint density at radius 1 is 1.14 bits per heavy atom. The number of methoxy groups -OCH3 is 1. The lowest BCUT2D eigenvalue weighted by Crippen LogP contribution is -2.31. The van der Waals surface area contributed by atoms with E-state index in [1.807, 2.05) is 30.3 Å². The SMILES string of the molecule is COc1ccc(-c2c(C#N)c(N)nc3c2CN(Cc2ccccc2)CC3)cc1. The second-order valence-electron chi connectivity index (χ2n) is 6.96. The molecule has 140 valence electrons. The van der Waals surface area contributed by atoms with E-state index in [0.717, 1.165) is 54.2 Å². The highest BCUT2D eigenvalue weighted by Crippen LogP contribution is 2.36. The number of benzene rings is 2. The van der Waals surface area contributed by atoms with Crippen molar-refractivity contribution in [3.8, 4) is 22.9 Å². The van der Waals surface area contributed by atoms with Gasteiger partial charge in [0.25, 0.3) is 0 Å². The molecular formula is C23H22N4O. The van der Waals surface area contributed by atoms with Crippen molar-refractivity contribution >= 4 is 5.82 Å². The molecule has 0 aliphatic carbocycles. The van der Waals surface area contributed by atoms with Crippen molar-refractivity contribution in [3.05, 3.63) is 77.0 Å². The minimum Gasteiger partial charge on any atom is -0.497 e. The second kappa shape index (κ2) is 7.71. The van der Waals surface area contributed by atoms with E-state index in [4.69, 9.17) is 10.5 Å². The van der Waals surface area contributed by atoms with E-state index in [1.54, 1.807) is 7.11 Å². The number of rotatable bonds is 4. The van der Waals surface area contributed by atoms with Crippen molar-refractivity contribution in [2.45, 2.75) is 19.5 Å². The Morgan fingerprint density at radius 3 is 2.57 bits per heavy atom. The van der Waals surface area contributed by atoms with Crippen LogP contribution in [0.2, 0.25) is 0 Å². The van der Waals surface area contributed by atoms with E-state index in [1.165, 1.54) is 5.56 Å². The van der Waals surface area contributed by atoms with Gasteiger partial charge >= 0.3 is 0 Å². The first-order chi connectivity index (χ1) is 13.7. The molecule has 1 aromatic heterocycles. The van der Waals surface area contributed by atoms with Gasteiger partial charge in [-0.3, -0.25) is 4.90 Å². The maximum absolute atomic E-state index is 9.76. The highest BCUT2D eigenvalue weighted by atomic mass is 16.5. The molecule has 0 saturated carbocycles. The average molecular weight is 370 g/mol. The monoisotopic (exact) mass is 370 g/mol. The third-order valence-electron chi connectivity index (χ3n) is 5.20. The Labute approximate surface area is 165 Å². The van der Waals surface area contributed by atoms with Gasteiger partial charge in [-0.05, 0) is 28.8 Å². The summed E-state index contributed by atoms with van der Waals surface area (Å²) in [6.45, 7) is 2.53. The fourth-order valence-electron chi connectivity index (χ4n) is 3.80. The largest absolute Gasteiger partial charge is 0.497 e. The lowest BCUT2D eigenvalue weighted by molar-refractivity contribution is 0.244. The number of pyridine rings is 1. The highest BCUT2D eigenvalue weighted by Gasteiger charge is 2.25. The van der Waals surface area contributed by atoms with Gasteiger partial charge in [0.1, 0.15) is 23.2 Å². The minimum atomic E-state index is 0.309. The molecule has 1 aliphatic rings. The number of hydrogen-bond donors (Lipinski definition) is 1. The van der Waals surface area contributed by atoms with Crippen molar-refractivity contribution in [1.29, 1.82) is 5.26 Å². The van der Waals surface area contributed by atoms with E-state index in [9.17, 15) is 5.26 Å². The van der Waals surface area contributed by atoms with E-state index in [0.29, 0.717) is 11.4 Å². The average Bonchev–Trinajstić information content (AvgIpc) is 2.74. The van der Waals surface area contributed by atoms with Crippen molar-refractivity contribution < 1.29 is 4.74 Å². The van der Waals surface area contributed by atoms with Gasteiger partial charge < -0.3 is 10.5 Å². The second-order valence-corrected chi connectivity index (χ2v) is 6.96. The van der Waals surface area contributed by atoms with Crippen LogP contribution in [-0.2, 0) is 19.5 Å². The topological polar surface area (TPSA) is 75.2 Å². The molecule has 0 amide bonds. The van der Waals surface area contributed by atoms with Gasteiger partial charge in [-0.15, -0.1) is 0 Å². The summed E-state index contributed by atoms with van der Waals surface area (Å²) in [6, 6.07) is 20.5. The minimum absolute atomic E-state index is 0.309. The van der Waals surface area contributed by atoms with Crippen LogP contribution in [0.3, 0.4) is 0 Å². The predicted molar refractivity (Wildman–Crippen MR) is 110 cm³/mol. The van der Waals surface area contributed by atoms with Crippen molar-refractivity contribution in [1.82, 2.24) is 9.88 Å². The molecule has 0 radical (unpaired) electrons. The Bertz CT molecular complexity index is 1020. The number of aromatic nitrogens is 1. The van der Waals surface area contributed by atoms with Gasteiger partial charge in [-0.25, -0.2) is 4.98 Å². The maximum atomic E-state index is 9.76. The van der Waals surface area contributed by atoms with Crippen LogP contribution in [0.4, 0.5) is 5.82 Å². The summed E-state index contributed by atoms with van der Waals surface area (Å²) in [5, 5.41) is 9.76. The third kappa shape index (κ3) is 3.42. The maximum Gasteiger partial charge on any atom is 0.142 e. The summed E-state index contributed by atoms with van der Waals surface area (Å²) in [5.74, 6) is 1.09. The molecule has 28 heavy (non-hydrogen) atoms. The number of nitrogens with zero attached hydrogens (tertiary/aromatic N) is 3. The van der Waals surface area contributed by atoms with E-state index < -0.39 is 0 Å². The van der Waals surface area contributed by atoms with E-state index in [2.05, 4.69) is 40.2 Å². The lowest BCUT2D eigenvalue weighted by atomic mass is 9.91. The zero-order valence-corrected chi connectivity index (χ0v) is 15.9. The summed E-state index contributed by atoms with van der Waals surface area (Å²) in [4.78, 5) is 6.94. The van der Waals surface area contributed by atoms with E-state index in [-0.39, 0.29) is 0 Å². The van der Waals surface area contributed by atoms with Gasteiger partial charge in [0, 0.05) is 37.3 Å². The van der Waals surface area contributed by atoms with Gasteiger partial charge in [0.05, 0.1) is 7.11 Å². The molecule has 0 spiro atoms. The summed E-state index contributed by atoms with van der Waals surface area (Å²) in [6.07, 6.45) is 0.821. The molecule has 5 heteroatoms. The molecule has 5 nitrogen and oxygen atoms in total. The highest BCUT2D eigenvalue weighted by molar-refractivity contribution is 5.79. The number of fused-ring (bicyclic) bond motifs is 1. The summed E-state index contributed by atoms with van der Waals surface area (Å²) in [5.41, 5.74) is 11.8. The van der Waals surface area contributed by atoms with Gasteiger partial charge in [-0.1, -0.05) is 42.5 Å². The van der Waals surface area contributed by atoms with E-state index >= 15 is 0 Å². The predicted octanol–water partition coefficient (Wildman–Crippen LogP) is 3.77. The fourth-order valence-corrected chi connectivity index (χ4v) is 3.80. The van der Waals surface area contributed by atoms with Crippen LogP contribution < -0.4 is 10.5 Å². The number of ether oxygens (including phenoxy) is 1. The molecule has 0 bridgehead atoms. The Balaban J connectivity index is 1.75. The van der Waals surface area contributed by atoms with Crippen molar-refractivity contribution in [2.75, 3.05) is 19.4 Å². The normalized spacial score (nSPS) is 13.6. The van der Waals surface area contributed by atoms with Crippen LogP contribution in [-0.4, -0.2) is 23.5 Å². The lowest BCUT2D eigenvalue weighted by Gasteiger charge is -2.30. The number of nitrogen functional groups attached to an aromatic ring is 1. The van der Waals surface area contributed by atoms with Crippen LogP contribution in [0.5, 0.6) is 5.75 Å². The number of nitrogens with two attached hydrogens (primary N) is 1. The molecular weight excluding hydrogens is 348 g/mol. The first-order valence-corrected chi connectivity index (χ1v) is 9.31. The van der Waals surface area contributed by atoms with Gasteiger partial charge in [0.2, 0.25) is 0 Å². The van der Waals surface area contributed by atoms with Crippen molar-refractivity contribution in [3.63, 3.8) is 0 Å². The zero-order chi connectivity index (χ0) is 19.5. The number of nitriles is 1. The van der Waals surface area contributed by atoms with Crippen LogP contribution >= 0.6 is 0 Å². The Morgan fingerprint density at radius 2 is 1.89 bits per heavy atom. The molecule has 2 N–H and O–H groups in total. The van der Waals surface area contributed by atoms with Crippen LogP contribution in [0.15, 0.2) is 54.6 Å². The molecule has 0 saturated heterocycles. The Kier molecular flexibility index (Phi) is 4.96. The summed E-state index contributed by atoms with van der Waals surface area (Å²) >= 11 is 0. The summed E-state index contributed by atoms with van der Waals surface area (Å²) in [7, 11) is 1.64. The quantitative estimate of drug-likeness (QED) is 0.757. The van der Waals surface area contributed by atoms with Crippen LogP contribution in [0.1, 0.15) is 22.4 Å². The zero-order valence-electron chi connectivity index (χ0n) is 15.9. The molecule has 0 atom stereocenters. The Hall–Kier alpha value is -3.36. The van der Waals surface area contributed by atoms with Crippen LogP contribution in [0, 0.1) is 11.3 Å². The van der Waals surface area contributed by atoms with Crippen LogP contribution in [0.25, 0.3) is 11.1 Å². The first kappa shape index (κ1) is 18.0. The molecule has 1 aliphatic heterocycles. The smallest absolute Gasteiger partial charge is 0.142 e. The van der Waals surface area contributed by atoms with Gasteiger partial charge in [-0.2, -0.15) is 5.26 Å². The number of anilines is 1. The fraction of sp³-hybridized carbons (Fsp3) is 0.217. The molecule has 2 heterocycles. The molecule has 0 fully saturated rings. The van der Waals surface area contributed by atoms with Gasteiger partial charge in [0.15, 0.2) is 0 Å². The summed E-state index contributed by atoms with van der Waals surface area (Å²) < 4.78 is 5.27. The molecule has 4 rings (SSSR count).